The summed E-state index contributed by atoms with van der Waals surface area (Å²) < 4.78 is 0.897. The molecule has 2 N–H and O–H groups in total. The number of aryl methyl sites for hydroxylation is 2. The summed E-state index contributed by atoms with van der Waals surface area (Å²) in [6, 6.07) is 3.88. The van der Waals surface area contributed by atoms with E-state index in [1.165, 1.54) is 0 Å². The van der Waals surface area contributed by atoms with Crippen LogP contribution in [0.5, 0.6) is 0 Å². The van der Waals surface area contributed by atoms with Gasteiger partial charge < -0.3 is 5.73 Å². The summed E-state index contributed by atoms with van der Waals surface area (Å²) in [7, 11) is 0. The average Bonchev–Trinajstić information content (AvgIpc) is 2.25. The summed E-state index contributed by atoms with van der Waals surface area (Å²) in [5.41, 5.74) is 8.58. The number of rotatable bonds is 1. The molecule has 4 nitrogen and oxygen atoms in total. The molecule has 0 radical (unpaired) electrons. The predicted molar refractivity (Wildman–Crippen MR) is 71.9 cm³/mol. The first-order valence-corrected chi connectivity index (χ1v) is 5.88. The second kappa shape index (κ2) is 4.32. The van der Waals surface area contributed by atoms with Gasteiger partial charge in [0.2, 0.25) is 0 Å². The van der Waals surface area contributed by atoms with E-state index in [2.05, 4.69) is 37.5 Å². The fourth-order valence-electron chi connectivity index (χ4n) is 1.35. The van der Waals surface area contributed by atoms with E-state index >= 15 is 0 Å². The molecule has 0 fully saturated rings. The van der Waals surface area contributed by atoms with E-state index in [1.807, 2.05) is 26.0 Å². The van der Waals surface area contributed by atoms with Gasteiger partial charge in [0.05, 0.1) is 9.26 Å². The molecule has 0 saturated carbocycles. The van der Waals surface area contributed by atoms with Gasteiger partial charge in [-0.1, -0.05) is 0 Å². The molecule has 0 bridgehead atoms. The third-order valence-electron chi connectivity index (χ3n) is 2.19. The number of nitrogens with two attached hydrogens (primary N) is 1. The summed E-state index contributed by atoms with van der Waals surface area (Å²) in [5, 5.41) is 0. The zero-order valence-corrected chi connectivity index (χ0v) is 11.2. The molecular weight excluding hydrogens is 315 g/mol. The standard InChI is InChI=1S/C11H11IN4/c1-6-3-4-14-8(5-6)11-15-7(2)9(12)10(13)16-11/h3-5H,1-2H3,(H2,13,15,16). The quantitative estimate of drug-likeness (QED) is 0.817. The Morgan fingerprint density at radius 2 is 2.00 bits per heavy atom. The summed E-state index contributed by atoms with van der Waals surface area (Å²) in [5.74, 6) is 1.09. The van der Waals surface area contributed by atoms with Gasteiger partial charge in [0.1, 0.15) is 11.5 Å². The van der Waals surface area contributed by atoms with Gasteiger partial charge in [-0.15, -0.1) is 0 Å². The topological polar surface area (TPSA) is 64.7 Å². The molecule has 0 aliphatic rings. The van der Waals surface area contributed by atoms with E-state index in [0.29, 0.717) is 11.6 Å². The van der Waals surface area contributed by atoms with Crippen LogP contribution in [0, 0.1) is 17.4 Å². The molecular formula is C11H11IN4. The molecule has 2 aromatic heterocycles. The molecule has 2 heterocycles. The third kappa shape index (κ3) is 2.13. The molecule has 0 saturated heterocycles. The Morgan fingerprint density at radius 3 is 2.62 bits per heavy atom. The van der Waals surface area contributed by atoms with Crippen LogP contribution in [0.3, 0.4) is 0 Å². The van der Waals surface area contributed by atoms with Crippen molar-refractivity contribution in [3.8, 4) is 11.5 Å². The maximum absolute atomic E-state index is 5.81. The smallest absolute Gasteiger partial charge is 0.180 e. The van der Waals surface area contributed by atoms with E-state index in [1.54, 1.807) is 6.20 Å². The fourth-order valence-corrected chi connectivity index (χ4v) is 1.60. The van der Waals surface area contributed by atoms with Gasteiger partial charge in [-0.25, -0.2) is 9.97 Å². The largest absolute Gasteiger partial charge is 0.383 e. The van der Waals surface area contributed by atoms with Crippen molar-refractivity contribution in [1.29, 1.82) is 0 Å². The first-order chi connectivity index (χ1) is 7.58. The van der Waals surface area contributed by atoms with Crippen molar-refractivity contribution in [2.75, 3.05) is 5.73 Å². The Kier molecular flexibility index (Phi) is 3.04. The lowest BCUT2D eigenvalue weighted by Gasteiger charge is -2.05. The van der Waals surface area contributed by atoms with Crippen LogP contribution in [-0.4, -0.2) is 15.0 Å². The Hall–Kier alpha value is -1.24. The first kappa shape index (κ1) is 11.3. The molecule has 0 aromatic carbocycles. The van der Waals surface area contributed by atoms with Crippen LogP contribution < -0.4 is 5.73 Å². The van der Waals surface area contributed by atoms with Crippen molar-refractivity contribution in [3.05, 3.63) is 33.2 Å². The van der Waals surface area contributed by atoms with Crippen LogP contribution in [-0.2, 0) is 0 Å². The minimum absolute atomic E-state index is 0.506. The molecule has 0 unspecified atom stereocenters. The Morgan fingerprint density at radius 1 is 1.25 bits per heavy atom. The molecule has 2 rings (SSSR count). The van der Waals surface area contributed by atoms with Crippen molar-refractivity contribution in [1.82, 2.24) is 15.0 Å². The number of halogens is 1. The lowest BCUT2D eigenvalue weighted by atomic mass is 10.2. The maximum atomic E-state index is 5.81. The predicted octanol–water partition coefficient (Wildman–Crippen LogP) is 2.34. The zero-order valence-electron chi connectivity index (χ0n) is 9.03. The second-order valence-electron chi connectivity index (χ2n) is 3.55. The number of hydrogen-bond acceptors (Lipinski definition) is 4. The Balaban J connectivity index is 2.57. The van der Waals surface area contributed by atoms with Crippen LogP contribution in [0.1, 0.15) is 11.3 Å². The highest BCUT2D eigenvalue weighted by atomic mass is 127. The van der Waals surface area contributed by atoms with Gasteiger partial charge >= 0.3 is 0 Å². The molecule has 82 valence electrons. The van der Waals surface area contributed by atoms with Gasteiger partial charge in [0, 0.05) is 6.20 Å². The molecule has 0 amide bonds. The van der Waals surface area contributed by atoms with E-state index in [9.17, 15) is 0 Å². The lowest BCUT2D eigenvalue weighted by Crippen LogP contribution is -2.02. The Bertz CT molecular complexity index is 516. The molecule has 0 aliphatic carbocycles. The second-order valence-corrected chi connectivity index (χ2v) is 4.63. The highest BCUT2D eigenvalue weighted by molar-refractivity contribution is 14.1. The first-order valence-electron chi connectivity index (χ1n) is 4.80. The summed E-state index contributed by atoms with van der Waals surface area (Å²) >= 11 is 2.14. The molecule has 0 atom stereocenters. The molecule has 16 heavy (non-hydrogen) atoms. The van der Waals surface area contributed by atoms with E-state index < -0.39 is 0 Å². The van der Waals surface area contributed by atoms with Gasteiger partial charge in [0.15, 0.2) is 5.82 Å². The van der Waals surface area contributed by atoms with Gasteiger partial charge in [-0.3, -0.25) is 4.98 Å². The van der Waals surface area contributed by atoms with E-state index in [-0.39, 0.29) is 0 Å². The summed E-state index contributed by atoms with van der Waals surface area (Å²) in [6.45, 7) is 3.92. The van der Waals surface area contributed by atoms with Gasteiger partial charge in [-0.2, -0.15) is 0 Å². The van der Waals surface area contributed by atoms with Crippen molar-refractivity contribution in [3.63, 3.8) is 0 Å². The summed E-state index contributed by atoms with van der Waals surface area (Å²) in [6.07, 6.45) is 1.75. The van der Waals surface area contributed by atoms with Crippen molar-refractivity contribution >= 4 is 28.4 Å². The molecule has 5 heteroatoms. The number of nitrogens with zero attached hydrogens (tertiary/aromatic N) is 3. The van der Waals surface area contributed by atoms with Crippen molar-refractivity contribution in [2.45, 2.75) is 13.8 Å². The van der Waals surface area contributed by atoms with Crippen LogP contribution in [0.4, 0.5) is 5.82 Å². The van der Waals surface area contributed by atoms with Crippen LogP contribution >= 0.6 is 22.6 Å². The maximum Gasteiger partial charge on any atom is 0.180 e. The summed E-state index contributed by atoms with van der Waals surface area (Å²) in [4.78, 5) is 12.9. The number of aromatic nitrogens is 3. The van der Waals surface area contributed by atoms with Crippen molar-refractivity contribution in [2.24, 2.45) is 0 Å². The number of pyridine rings is 1. The van der Waals surface area contributed by atoms with E-state index in [4.69, 9.17) is 5.73 Å². The number of nitrogen functional groups attached to an aromatic ring is 1. The highest BCUT2D eigenvalue weighted by Gasteiger charge is 2.09. The highest BCUT2D eigenvalue weighted by Crippen LogP contribution is 2.20. The monoisotopic (exact) mass is 326 g/mol. The normalized spacial score (nSPS) is 10.4. The SMILES string of the molecule is Cc1ccnc(-c2nc(C)c(I)c(N)n2)c1. The van der Waals surface area contributed by atoms with Gasteiger partial charge in [0.25, 0.3) is 0 Å². The van der Waals surface area contributed by atoms with Crippen LogP contribution in [0.25, 0.3) is 11.5 Å². The Labute approximate surface area is 107 Å². The van der Waals surface area contributed by atoms with Gasteiger partial charge in [-0.05, 0) is 54.1 Å². The molecule has 0 spiro atoms. The van der Waals surface area contributed by atoms with Crippen LogP contribution in [0.15, 0.2) is 18.3 Å². The zero-order chi connectivity index (χ0) is 11.7. The van der Waals surface area contributed by atoms with E-state index in [0.717, 1.165) is 20.5 Å². The lowest BCUT2D eigenvalue weighted by molar-refractivity contribution is 1.08. The minimum Gasteiger partial charge on any atom is -0.383 e. The fraction of sp³-hybridized carbons (Fsp3) is 0.182. The number of anilines is 1. The molecule has 2 aromatic rings. The third-order valence-corrected chi connectivity index (χ3v) is 3.52. The van der Waals surface area contributed by atoms with Crippen LogP contribution in [0.2, 0.25) is 0 Å². The van der Waals surface area contributed by atoms with Crippen molar-refractivity contribution < 1.29 is 0 Å². The average molecular weight is 326 g/mol. The minimum atomic E-state index is 0.506. The number of hydrogen-bond donors (Lipinski definition) is 1. The molecule has 0 aliphatic heterocycles.